The van der Waals surface area contributed by atoms with Crippen molar-refractivity contribution in [1.29, 1.82) is 0 Å². The molecule has 2 amide bonds. The number of methoxy groups -OCH3 is 1. The van der Waals surface area contributed by atoms with E-state index in [1.807, 2.05) is 45.0 Å². The Morgan fingerprint density at radius 1 is 1.22 bits per heavy atom. The van der Waals surface area contributed by atoms with Gasteiger partial charge >= 0.3 is 6.09 Å². The van der Waals surface area contributed by atoms with Crippen molar-refractivity contribution in [2.45, 2.75) is 33.4 Å². The number of hydrogen-bond donors (Lipinski definition) is 3. The van der Waals surface area contributed by atoms with Gasteiger partial charge in [-0.25, -0.2) is 10.2 Å². The molecule has 0 aliphatic rings. The molecule has 0 aliphatic heterocycles. The molecule has 1 heterocycles. The first-order chi connectivity index (χ1) is 12.7. The molecular weight excluding hydrogens is 350 g/mol. The second-order valence-corrected chi connectivity index (χ2v) is 7.08. The van der Waals surface area contributed by atoms with E-state index in [4.69, 9.17) is 0 Å². The number of carbonyl (C=O) groups excluding carboxylic acids is 2. The highest BCUT2D eigenvalue weighted by molar-refractivity contribution is 5.86. The Labute approximate surface area is 157 Å². The molecule has 10 nitrogen and oxygen atoms in total. The minimum Gasteiger partial charge on any atom is -0.453 e. The zero-order valence-corrected chi connectivity index (χ0v) is 16.1. The molecule has 0 aliphatic carbocycles. The van der Waals surface area contributed by atoms with Gasteiger partial charge in [-0.05, 0) is 16.2 Å². The number of nitrogens with one attached hydrogen (secondary N) is 3. The van der Waals surface area contributed by atoms with E-state index >= 15 is 0 Å². The monoisotopic (exact) mass is 375 g/mol. The van der Waals surface area contributed by atoms with Crippen LogP contribution < -0.4 is 16.2 Å². The third-order valence-electron chi connectivity index (χ3n) is 3.80. The van der Waals surface area contributed by atoms with E-state index < -0.39 is 17.6 Å². The summed E-state index contributed by atoms with van der Waals surface area (Å²) < 4.78 is 4.58. The van der Waals surface area contributed by atoms with Crippen molar-refractivity contribution in [2.75, 3.05) is 7.11 Å². The molecule has 0 spiro atoms. The van der Waals surface area contributed by atoms with Gasteiger partial charge in [0, 0.05) is 12.1 Å². The number of hydrazine groups is 1. The van der Waals surface area contributed by atoms with E-state index in [0.29, 0.717) is 12.4 Å². The van der Waals surface area contributed by atoms with Gasteiger partial charge in [-0.2, -0.15) is 4.80 Å². The summed E-state index contributed by atoms with van der Waals surface area (Å²) in [7, 11) is 2.96. The molecule has 27 heavy (non-hydrogen) atoms. The van der Waals surface area contributed by atoms with Crippen LogP contribution in [0.1, 0.15) is 26.3 Å². The number of carbonyl (C=O) groups is 2. The van der Waals surface area contributed by atoms with E-state index in [2.05, 4.69) is 36.3 Å². The topological polar surface area (TPSA) is 123 Å². The fourth-order valence-electron chi connectivity index (χ4n) is 2.33. The maximum absolute atomic E-state index is 12.4. The first-order valence-corrected chi connectivity index (χ1v) is 8.41. The van der Waals surface area contributed by atoms with Crippen molar-refractivity contribution in [3.05, 3.63) is 29.8 Å². The van der Waals surface area contributed by atoms with Gasteiger partial charge in [0.15, 0.2) is 0 Å². The summed E-state index contributed by atoms with van der Waals surface area (Å²) in [6.07, 6.45) is -0.654. The number of aryl methyl sites for hydroxylation is 1. The summed E-state index contributed by atoms with van der Waals surface area (Å²) in [5, 5.41) is 14.5. The zero-order valence-electron chi connectivity index (χ0n) is 16.1. The highest BCUT2D eigenvalue weighted by Crippen LogP contribution is 2.19. The molecule has 0 fully saturated rings. The minimum absolute atomic E-state index is 0.353. The highest BCUT2D eigenvalue weighted by atomic mass is 16.5. The lowest BCUT2D eigenvalue weighted by Crippen LogP contribution is -2.56. The Morgan fingerprint density at radius 2 is 1.89 bits per heavy atom. The maximum Gasteiger partial charge on any atom is 0.407 e. The number of amides is 2. The lowest BCUT2D eigenvalue weighted by Gasteiger charge is -2.29. The first kappa shape index (κ1) is 20.3. The molecule has 0 radical (unpaired) electrons. The molecule has 1 unspecified atom stereocenters. The van der Waals surface area contributed by atoms with Gasteiger partial charge in [-0.1, -0.05) is 45.0 Å². The normalized spacial score (nSPS) is 12.3. The predicted molar refractivity (Wildman–Crippen MR) is 98.0 cm³/mol. The second kappa shape index (κ2) is 8.58. The average molecular weight is 375 g/mol. The van der Waals surface area contributed by atoms with Gasteiger partial charge in [-0.15, -0.1) is 10.2 Å². The van der Waals surface area contributed by atoms with Crippen molar-refractivity contribution >= 4 is 12.0 Å². The molecule has 1 atom stereocenters. The van der Waals surface area contributed by atoms with E-state index in [1.165, 1.54) is 11.9 Å². The van der Waals surface area contributed by atoms with Crippen LogP contribution in [0.15, 0.2) is 24.3 Å². The fourth-order valence-corrected chi connectivity index (χ4v) is 2.33. The summed E-state index contributed by atoms with van der Waals surface area (Å²) in [5.74, 6) is 0.195. The van der Waals surface area contributed by atoms with Crippen LogP contribution in [0, 0.1) is 5.41 Å². The van der Waals surface area contributed by atoms with Crippen LogP contribution in [0.5, 0.6) is 0 Å². The van der Waals surface area contributed by atoms with E-state index in [9.17, 15) is 9.59 Å². The average Bonchev–Trinajstić information content (AvgIpc) is 3.05. The van der Waals surface area contributed by atoms with Crippen LogP contribution in [-0.4, -0.2) is 45.4 Å². The molecule has 0 bridgehead atoms. The molecule has 2 aromatic rings. The quantitative estimate of drug-likeness (QED) is 0.637. The summed E-state index contributed by atoms with van der Waals surface area (Å²) >= 11 is 0. The lowest BCUT2D eigenvalue weighted by atomic mass is 9.86. The Hall–Kier alpha value is -3.01. The lowest BCUT2D eigenvalue weighted by molar-refractivity contribution is -0.126. The van der Waals surface area contributed by atoms with Crippen LogP contribution in [0.25, 0.3) is 11.4 Å². The minimum atomic E-state index is -0.748. The van der Waals surface area contributed by atoms with Gasteiger partial charge in [-0.3, -0.25) is 10.2 Å². The molecule has 0 saturated carbocycles. The smallest absolute Gasteiger partial charge is 0.407 e. The van der Waals surface area contributed by atoms with E-state index in [-0.39, 0.29) is 5.91 Å². The standard InChI is InChI=1S/C17H25N7O3/c1-17(2,3)13(19-16(26)27-5)15(25)21-18-10-11-6-8-12(9-7-11)14-20-23-24(4)22-14/h6-9,13,18H,10H2,1-5H3,(H,19,26)(H,21,25). The first-order valence-electron chi connectivity index (χ1n) is 8.41. The largest absolute Gasteiger partial charge is 0.453 e. The highest BCUT2D eigenvalue weighted by Gasteiger charge is 2.33. The maximum atomic E-state index is 12.4. The van der Waals surface area contributed by atoms with Crippen molar-refractivity contribution in [3.63, 3.8) is 0 Å². The van der Waals surface area contributed by atoms with Gasteiger partial charge in [0.05, 0.1) is 14.2 Å². The van der Waals surface area contributed by atoms with E-state index in [1.54, 1.807) is 7.05 Å². The predicted octanol–water partition coefficient (Wildman–Crippen LogP) is 0.769. The Balaban J connectivity index is 1.90. The number of tetrazole rings is 1. The van der Waals surface area contributed by atoms with E-state index in [0.717, 1.165) is 11.1 Å². The van der Waals surface area contributed by atoms with Crippen molar-refractivity contribution in [2.24, 2.45) is 12.5 Å². The van der Waals surface area contributed by atoms with Crippen LogP contribution in [0.2, 0.25) is 0 Å². The van der Waals surface area contributed by atoms with Crippen molar-refractivity contribution < 1.29 is 14.3 Å². The second-order valence-electron chi connectivity index (χ2n) is 7.08. The Kier molecular flexibility index (Phi) is 6.45. The van der Waals surface area contributed by atoms with Gasteiger partial charge in [0.1, 0.15) is 6.04 Å². The number of hydrogen-bond acceptors (Lipinski definition) is 7. The van der Waals surface area contributed by atoms with Gasteiger partial charge < -0.3 is 10.1 Å². The number of aromatic nitrogens is 4. The summed E-state index contributed by atoms with van der Waals surface area (Å²) in [5.41, 5.74) is 6.82. The zero-order chi connectivity index (χ0) is 20.0. The number of alkyl carbamates (subject to hydrolysis) is 1. The SMILES string of the molecule is COC(=O)NC(C(=O)NNCc1ccc(-c2nnn(C)n2)cc1)C(C)(C)C. The van der Waals surface area contributed by atoms with Gasteiger partial charge in [0.2, 0.25) is 5.82 Å². The number of rotatable bonds is 6. The molecule has 1 aromatic carbocycles. The van der Waals surface area contributed by atoms with Crippen LogP contribution in [0.4, 0.5) is 4.79 Å². The van der Waals surface area contributed by atoms with Crippen molar-refractivity contribution in [1.82, 2.24) is 36.4 Å². The summed E-state index contributed by atoms with van der Waals surface area (Å²) in [4.78, 5) is 25.3. The van der Waals surface area contributed by atoms with Crippen molar-refractivity contribution in [3.8, 4) is 11.4 Å². The molecule has 3 N–H and O–H groups in total. The molecule has 0 saturated heterocycles. The molecule has 146 valence electrons. The number of nitrogens with zero attached hydrogens (tertiary/aromatic N) is 4. The number of ether oxygens (including phenoxy) is 1. The fraction of sp³-hybridized carbons (Fsp3) is 0.471. The molecule has 1 aromatic heterocycles. The Bertz CT molecular complexity index is 781. The summed E-state index contributed by atoms with van der Waals surface area (Å²) in [6.45, 7) is 5.97. The Morgan fingerprint density at radius 3 is 2.41 bits per heavy atom. The van der Waals surface area contributed by atoms with Crippen LogP contribution in [-0.2, 0) is 23.1 Å². The molecule has 10 heteroatoms. The molecule has 2 rings (SSSR count). The summed E-state index contributed by atoms with van der Waals surface area (Å²) in [6, 6.07) is 6.82. The third-order valence-corrected chi connectivity index (χ3v) is 3.80. The van der Waals surface area contributed by atoms with Gasteiger partial charge in [0.25, 0.3) is 5.91 Å². The van der Waals surface area contributed by atoms with Crippen LogP contribution in [0.3, 0.4) is 0 Å². The molecular formula is C17H25N7O3. The number of benzene rings is 1. The third kappa shape index (κ3) is 5.74. The van der Waals surface area contributed by atoms with Crippen LogP contribution >= 0.6 is 0 Å².